The lowest BCUT2D eigenvalue weighted by atomic mass is 10.1. The molecule has 0 aromatic heterocycles. The Bertz CT molecular complexity index is 95.1. The van der Waals surface area contributed by atoms with Crippen molar-refractivity contribution in [3.05, 3.63) is 0 Å². The Morgan fingerprint density at radius 3 is 2.44 bits per heavy atom. The molecule has 0 saturated carbocycles. The summed E-state index contributed by atoms with van der Waals surface area (Å²) in [5.74, 6) is 1.49. The van der Waals surface area contributed by atoms with E-state index in [1.807, 2.05) is 0 Å². The molecule has 0 saturated heterocycles. The van der Waals surface area contributed by atoms with E-state index < -0.39 is 0 Å². The average molecular weight is 128 g/mol. The summed E-state index contributed by atoms with van der Waals surface area (Å²) < 4.78 is 0. The SMILES string of the molecule is C/N=C(\N)CCC(C)C. The van der Waals surface area contributed by atoms with Gasteiger partial charge in [0.2, 0.25) is 0 Å². The average Bonchev–Trinajstić information content (AvgIpc) is 1.83. The van der Waals surface area contributed by atoms with Crippen molar-refractivity contribution in [3.8, 4) is 0 Å². The van der Waals surface area contributed by atoms with Crippen LogP contribution in [0.5, 0.6) is 0 Å². The first-order valence-corrected chi connectivity index (χ1v) is 3.38. The Morgan fingerprint density at radius 1 is 1.56 bits per heavy atom. The summed E-state index contributed by atoms with van der Waals surface area (Å²) in [6, 6.07) is 0. The molecule has 2 heteroatoms. The van der Waals surface area contributed by atoms with E-state index in [2.05, 4.69) is 18.8 Å². The van der Waals surface area contributed by atoms with Crippen LogP contribution in [0, 0.1) is 5.92 Å². The summed E-state index contributed by atoms with van der Waals surface area (Å²) in [4.78, 5) is 3.85. The van der Waals surface area contributed by atoms with Gasteiger partial charge in [0.1, 0.15) is 0 Å². The maximum absolute atomic E-state index is 5.47. The quantitative estimate of drug-likeness (QED) is 0.453. The molecule has 0 unspecified atom stereocenters. The lowest BCUT2D eigenvalue weighted by molar-refractivity contribution is 0.602. The Labute approximate surface area is 57.2 Å². The third-order valence-electron chi connectivity index (χ3n) is 1.27. The van der Waals surface area contributed by atoms with Gasteiger partial charge >= 0.3 is 0 Å². The van der Waals surface area contributed by atoms with Gasteiger partial charge in [0.05, 0.1) is 5.84 Å². The molecule has 0 aromatic carbocycles. The first-order chi connectivity index (χ1) is 4.16. The molecule has 0 radical (unpaired) electrons. The summed E-state index contributed by atoms with van der Waals surface area (Å²) in [5.41, 5.74) is 5.47. The molecule has 0 bridgehead atoms. The summed E-state index contributed by atoms with van der Waals surface area (Å²) in [6.45, 7) is 4.37. The second-order valence-corrected chi connectivity index (χ2v) is 2.65. The van der Waals surface area contributed by atoms with E-state index in [1.165, 1.54) is 0 Å². The van der Waals surface area contributed by atoms with Gasteiger partial charge in [0.25, 0.3) is 0 Å². The zero-order valence-electron chi connectivity index (χ0n) is 6.52. The Morgan fingerprint density at radius 2 is 2.11 bits per heavy atom. The molecular formula is C7H16N2. The van der Waals surface area contributed by atoms with Crippen molar-refractivity contribution in [2.75, 3.05) is 7.05 Å². The van der Waals surface area contributed by atoms with Crippen LogP contribution in [0.25, 0.3) is 0 Å². The van der Waals surface area contributed by atoms with E-state index >= 15 is 0 Å². The molecule has 0 heterocycles. The van der Waals surface area contributed by atoms with Crippen LogP contribution in [0.4, 0.5) is 0 Å². The second-order valence-electron chi connectivity index (χ2n) is 2.65. The fourth-order valence-electron chi connectivity index (χ4n) is 0.548. The van der Waals surface area contributed by atoms with Gasteiger partial charge in [0.15, 0.2) is 0 Å². The van der Waals surface area contributed by atoms with Crippen LogP contribution in [-0.2, 0) is 0 Å². The number of hydrogen-bond acceptors (Lipinski definition) is 1. The Balaban J connectivity index is 3.28. The standard InChI is InChI=1S/C7H16N2/c1-6(2)4-5-7(8)9-3/h6H,4-5H2,1-3H3,(H2,8,9). The number of amidine groups is 1. The largest absolute Gasteiger partial charge is 0.387 e. The number of hydrogen-bond donors (Lipinski definition) is 1. The van der Waals surface area contributed by atoms with Gasteiger partial charge in [-0.25, -0.2) is 0 Å². The van der Waals surface area contributed by atoms with Crippen molar-refractivity contribution in [2.24, 2.45) is 16.6 Å². The predicted molar refractivity (Wildman–Crippen MR) is 41.6 cm³/mol. The van der Waals surface area contributed by atoms with Crippen molar-refractivity contribution >= 4 is 5.84 Å². The fourth-order valence-corrected chi connectivity index (χ4v) is 0.548. The number of nitrogens with two attached hydrogens (primary N) is 1. The normalized spacial score (nSPS) is 12.7. The molecule has 0 aromatic rings. The van der Waals surface area contributed by atoms with Gasteiger partial charge in [-0.05, 0) is 12.3 Å². The van der Waals surface area contributed by atoms with Gasteiger partial charge in [0, 0.05) is 13.5 Å². The van der Waals surface area contributed by atoms with Crippen molar-refractivity contribution in [2.45, 2.75) is 26.7 Å². The first-order valence-electron chi connectivity index (χ1n) is 3.38. The molecule has 0 aliphatic rings. The highest BCUT2D eigenvalue weighted by Crippen LogP contribution is 2.02. The summed E-state index contributed by atoms with van der Waals surface area (Å²) in [5, 5.41) is 0. The monoisotopic (exact) mass is 128 g/mol. The van der Waals surface area contributed by atoms with Gasteiger partial charge in [-0.1, -0.05) is 13.8 Å². The molecule has 2 N–H and O–H groups in total. The number of nitrogens with zero attached hydrogens (tertiary/aromatic N) is 1. The first kappa shape index (κ1) is 8.47. The molecule has 54 valence electrons. The van der Waals surface area contributed by atoms with E-state index in [0.717, 1.165) is 24.6 Å². The van der Waals surface area contributed by atoms with E-state index in [1.54, 1.807) is 7.05 Å². The molecule has 0 fully saturated rings. The van der Waals surface area contributed by atoms with Crippen LogP contribution in [0.1, 0.15) is 26.7 Å². The number of rotatable bonds is 3. The zero-order valence-corrected chi connectivity index (χ0v) is 6.52. The predicted octanol–water partition coefficient (Wildman–Crippen LogP) is 1.41. The van der Waals surface area contributed by atoms with Crippen LogP contribution < -0.4 is 5.73 Å². The minimum absolute atomic E-state index is 0.727. The minimum atomic E-state index is 0.727. The Hall–Kier alpha value is -0.530. The smallest absolute Gasteiger partial charge is 0.0933 e. The molecule has 0 aliphatic carbocycles. The lowest BCUT2D eigenvalue weighted by Gasteiger charge is -2.01. The van der Waals surface area contributed by atoms with E-state index in [-0.39, 0.29) is 0 Å². The number of aliphatic imine (C=N–C) groups is 1. The molecule has 0 aliphatic heterocycles. The maximum Gasteiger partial charge on any atom is 0.0933 e. The van der Waals surface area contributed by atoms with Crippen LogP contribution in [0.2, 0.25) is 0 Å². The molecule has 0 amide bonds. The highest BCUT2D eigenvalue weighted by molar-refractivity contribution is 5.79. The molecular weight excluding hydrogens is 112 g/mol. The lowest BCUT2D eigenvalue weighted by Crippen LogP contribution is -2.11. The van der Waals surface area contributed by atoms with Crippen LogP contribution >= 0.6 is 0 Å². The summed E-state index contributed by atoms with van der Waals surface area (Å²) in [6.07, 6.45) is 2.08. The molecule has 2 nitrogen and oxygen atoms in total. The third-order valence-corrected chi connectivity index (χ3v) is 1.27. The van der Waals surface area contributed by atoms with Crippen molar-refractivity contribution < 1.29 is 0 Å². The molecule has 0 rings (SSSR count). The highest BCUT2D eigenvalue weighted by Gasteiger charge is 1.94. The van der Waals surface area contributed by atoms with Gasteiger partial charge in [-0.2, -0.15) is 0 Å². The van der Waals surface area contributed by atoms with Crippen LogP contribution in [0.15, 0.2) is 4.99 Å². The maximum atomic E-state index is 5.47. The summed E-state index contributed by atoms with van der Waals surface area (Å²) in [7, 11) is 1.73. The van der Waals surface area contributed by atoms with Crippen molar-refractivity contribution in [3.63, 3.8) is 0 Å². The van der Waals surface area contributed by atoms with E-state index in [4.69, 9.17) is 5.73 Å². The van der Waals surface area contributed by atoms with E-state index in [9.17, 15) is 0 Å². The summed E-state index contributed by atoms with van der Waals surface area (Å²) >= 11 is 0. The minimum Gasteiger partial charge on any atom is -0.387 e. The van der Waals surface area contributed by atoms with Crippen LogP contribution in [0.3, 0.4) is 0 Å². The van der Waals surface area contributed by atoms with Gasteiger partial charge in [-0.15, -0.1) is 0 Å². The highest BCUT2D eigenvalue weighted by atomic mass is 14.8. The van der Waals surface area contributed by atoms with E-state index in [0.29, 0.717) is 0 Å². The molecule has 9 heavy (non-hydrogen) atoms. The van der Waals surface area contributed by atoms with Gasteiger partial charge < -0.3 is 5.73 Å². The fraction of sp³-hybridized carbons (Fsp3) is 0.857. The second kappa shape index (κ2) is 4.36. The van der Waals surface area contributed by atoms with Crippen molar-refractivity contribution in [1.82, 2.24) is 0 Å². The zero-order chi connectivity index (χ0) is 7.28. The van der Waals surface area contributed by atoms with Crippen molar-refractivity contribution in [1.29, 1.82) is 0 Å². The third kappa shape index (κ3) is 5.34. The molecule has 0 spiro atoms. The van der Waals surface area contributed by atoms with Crippen LogP contribution in [-0.4, -0.2) is 12.9 Å². The Kier molecular flexibility index (Phi) is 4.10. The topological polar surface area (TPSA) is 38.4 Å². The van der Waals surface area contributed by atoms with Gasteiger partial charge in [-0.3, -0.25) is 4.99 Å². The molecule has 0 atom stereocenters.